The van der Waals surface area contributed by atoms with Gasteiger partial charge in [0.1, 0.15) is 6.04 Å². The van der Waals surface area contributed by atoms with Gasteiger partial charge < -0.3 is 5.32 Å². The van der Waals surface area contributed by atoms with Crippen molar-refractivity contribution in [3.05, 3.63) is 33.3 Å². The van der Waals surface area contributed by atoms with Crippen LogP contribution in [0.15, 0.2) is 22.7 Å². The van der Waals surface area contributed by atoms with Crippen molar-refractivity contribution in [3.63, 3.8) is 0 Å². The highest BCUT2D eigenvalue weighted by atomic mass is 79.9. The third kappa shape index (κ3) is 5.44. The van der Waals surface area contributed by atoms with Gasteiger partial charge in [0, 0.05) is 35.7 Å². The Bertz CT molecular complexity index is 454. The lowest BCUT2D eigenvalue weighted by atomic mass is 10.0. The van der Waals surface area contributed by atoms with Crippen molar-refractivity contribution < 1.29 is 13.2 Å². The van der Waals surface area contributed by atoms with E-state index in [1.165, 1.54) is 11.0 Å². The first-order chi connectivity index (χ1) is 8.89. The highest BCUT2D eigenvalue weighted by Crippen LogP contribution is 2.41. The fraction of sp³-hybridized carbons (Fsp3) is 0.500. The molecule has 1 fully saturated rings. The molecule has 0 aromatic heterocycles. The Morgan fingerprint density at radius 1 is 1.19 bits per heavy atom. The summed E-state index contributed by atoms with van der Waals surface area (Å²) in [5.74, 6) is 0. The van der Waals surface area contributed by atoms with Gasteiger partial charge >= 0.3 is 6.18 Å². The summed E-state index contributed by atoms with van der Waals surface area (Å²) in [6, 6.07) is 2.88. The summed E-state index contributed by atoms with van der Waals surface area (Å²) < 4.78 is 40.6. The maximum Gasteiger partial charge on any atom is 0.408 e. The second-order valence-corrected chi connectivity index (χ2v) is 5.69. The molecule has 9 heteroatoms. The van der Waals surface area contributed by atoms with Gasteiger partial charge in [-0.1, -0.05) is 27.5 Å². The molecule has 1 aliphatic heterocycles. The van der Waals surface area contributed by atoms with Crippen LogP contribution in [0.1, 0.15) is 11.6 Å². The topological polar surface area (TPSA) is 15.3 Å². The van der Waals surface area contributed by atoms with Crippen LogP contribution in [-0.4, -0.2) is 37.3 Å². The van der Waals surface area contributed by atoms with Crippen molar-refractivity contribution in [3.8, 4) is 0 Å². The lowest BCUT2D eigenvalue weighted by Gasteiger charge is -2.36. The van der Waals surface area contributed by atoms with Gasteiger partial charge in [-0.25, -0.2) is 0 Å². The van der Waals surface area contributed by atoms with E-state index in [1.807, 2.05) is 0 Å². The fourth-order valence-corrected chi connectivity index (χ4v) is 2.89. The van der Waals surface area contributed by atoms with Crippen LogP contribution < -0.4 is 5.32 Å². The summed E-state index contributed by atoms with van der Waals surface area (Å²) in [5, 5.41) is 3.36. The van der Waals surface area contributed by atoms with Crippen LogP contribution in [0.5, 0.6) is 0 Å². The van der Waals surface area contributed by atoms with Crippen molar-refractivity contribution in [2.24, 2.45) is 0 Å². The quantitative estimate of drug-likeness (QED) is 0.746. The summed E-state index contributed by atoms with van der Waals surface area (Å²) in [5.41, 5.74) is 0.168. The molecule has 1 heterocycles. The van der Waals surface area contributed by atoms with Crippen LogP contribution in [0.3, 0.4) is 0 Å². The number of piperazine rings is 1. The van der Waals surface area contributed by atoms with Gasteiger partial charge in [0.05, 0.1) is 0 Å². The maximum atomic E-state index is 13.4. The van der Waals surface area contributed by atoms with Crippen LogP contribution in [0, 0.1) is 0 Å². The van der Waals surface area contributed by atoms with Crippen molar-refractivity contribution in [1.29, 1.82) is 0 Å². The highest BCUT2D eigenvalue weighted by molar-refractivity contribution is 9.10. The van der Waals surface area contributed by atoms with Gasteiger partial charge in [0.15, 0.2) is 0 Å². The number of halogens is 7. The largest absolute Gasteiger partial charge is 0.408 e. The van der Waals surface area contributed by atoms with Gasteiger partial charge in [-0.2, -0.15) is 13.2 Å². The second kappa shape index (κ2) is 8.79. The molecule has 0 radical (unpaired) electrons. The van der Waals surface area contributed by atoms with Crippen molar-refractivity contribution in [2.45, 2.75) is 12.2 Å². The fourth-order valence-electron chi connectivity index (χ4n) is 2.24. The molecule has 2 rings (SSSR count). The van der Waals surface area contributed by atoms with Gasteiger partial charge in [-0.3, -0.25) is 4.90 Å². The van der Waals surface area contributed by atoms with Crippen LogP contribution >= 0.6 is 52.3 Å². The molecule has 122 valence electrons. The minimum absolute atomic E-state index is 0. The van der Waals surface area contributed by atoms with Crippen LogP contribution in [0.2, 0.25) is 5.02 Å². The Morgan fingerprint density at radius 2 is 1.76 bits per heavy atom. The third-order valence-electron chi connectivity index (χ3n) is 3.08. The monoisotopic (exact) mass is 428 g/mol. The lowest BCUT2D eigenvalue weighted by molar-refractivity contribution is -0.188. The minimum atomic E-state index is -4.33. The molecule has 1 aliphatic rings. The molecule has 1 saturated heterocycles. The van der Waals surface area contributed by atoms with Crippen molar-refractivity contribution in [1.82, 2.24) is 10.2 Å². The smallest absolute Gasteiger partial charge is 0.314 e. The second-order valence-electron chi connectivity index (χ2n) is 4.40. The molecule has 2 nitrogen and oxygen atoms in total. The van der Waals surface area contributed by atoms with Gasteiger partial charge in [-0.15, -0.1) is 24.8 Å². The molecule has 0 spiro atoms. The molecular formula is C12H15BrCl3F3N2. The van der Waals surface area contributed by atoms with E-state index in [0.29, 0.717) is 35.7 Å². The van der Waals surface area contributed by atoms with Gasteiger partial charge in [-0.05, 0) is 23.8 Å². The third-order valence-corrected chi connectivity index (χ3v) is 4.04. The molecular weight excluding hydrogens is 415 g/mol. The van der Waals surface area contributed by atoms with E-state index in [9.17, 15) is 13.2 Å². The molecule has 1 aromatic rings. The van der Waals surface area contributed by atoms with Crippen LogP contribution in [-0.2, 0) is 0 Å². The van der Waals surface area contributed by atoms with E-state index in [2.05, 4.69) is 21.2 Å². The van der Waals surface area contributed by atoms with E-state index in [0.717, 1.165) is 0 Å². The molecule has 0 aliphatic carbocycles. The molecule has 0 unspecified atom stereocenters. The zero-order valence-electron chi connectivity index (χ0n) is 10.8. The standard InChI is InChI=1S/C12H13BrClF3N2.2ClH/c13-10-2-1-8(14)7-9(10)11(12(15,16)17)19-5-3-18-4-6-19;;/h1-2,7,11,18H,3-6H2;2*1H/t11-;;/m0../s1. The molecule has 0 bridgehead atoms. The molecule has 0 amide bonds. The van der Waals surface area contributed by atoms with Crippen molar-refractivity contribution >= 4 is 52.3 Å². The predicted molar refractivity (Wildman–Crippen MR) is 86.9 cm³/mol. The normalized spacial score (nSPS) is 17.6. The first kappa shape index (κ1) is 21.3. The number of hydrogen-bond acceptors (Lipinski definition) is 2. The average molecular weight is 431 g/mol. The van der Waals surface area contributed by atoms with E-state index >= 15 is 0 Å². The number of alkyl halides is 3. The zero-order valence-corrected chi connectivity index (χ0v) is 14.8. The summed E-state index contributed by atoms with van der Waals surface area (Å²) in [6.07, 6.45) is -4.33. The Hall–Kier alpha value is 0.280. The van der Waals surface area contributed by atoms with Crippen LogP contribution in [0.25, 0.3) is 0 Å². The molecule has 1 atom stereocenters. The number of nitrogens with zero attached hydrogens (tertiary/aromatic N) is 1. The summed E-state index contributed by atoms with van der Waals surface area (Å²) in [7, 11) is 0. The Kier molecular flexibility index (Phi) is 8.91. The van der Waals surface area contributed by atoms with Gasteiger partial charge in [0.25, 0.3) is 0 Å². The number of rotatable bonds is 2. The van der Waals surface area contributed by atoms with Crippen LogP contribution in [0.4, 0.5) is 13.2 Å². The summed E-state index contributed by atoms with van der Waals surface area (Å²) in [6.45, 7) is 1.85. The zero-order chi connectivity index (χ0) is 14.0. The Morgan fingerprint density at radius 3 is 2.29 bits per heavy atom. The SMILES string of the molecule is Cl.Cl.FC(F)(F)[C@H](c1cc(Cl)ccc1Br)N1CCNCC1. The lowest BCUT2D eigenvalue weighted by Crippen LogP contribution is -2.49. The van der Waals surface area contributed by atoms with E-state index < -0.39 is 12.2 Å². The minimum Gasteiger partial charge on any atom is -0.314 e. The number of benzene rings is 1. The first-order valence-corrected chi connectivity index (χ1v) is 7.03. The number of hydrogen-bond donors (Lipinski definition) is 1. The molecule has 0 saturated carbocycles. The molecule has 1 aromatic carbocycles. The highest BCUT2D eigenvalue weighted by Gasteiger charge is 2.45. The number of nitrogens with one attached hydrogen (secondary N) is 1. The molecule has 21 heavy (non-hydrogen) atoms. The summed E-state index contributed by atoms with van der Waals surface area (Å²) in [4.78, 5) is 1.44. The Labute approximate surface area is 147 Å². The van der Waals surface area contributed by atoms with Gasteiger partial charge in [0.2, 0.25) is 0 Å². The van der Waals surface area contributed by atoms with E-state index in [1.54, 1.807) is 12.1 Å². The van der Waals surface area contributed by atoms with E-state index in [4.69, 9.17) is 11.6 Å². The predicted octanol–water partition coefficient (Wildman–Crippen LogP) is 4.45. The van der Waals surface area contributed by atoms with E-state index in [-0.39, 0.29) is 30.4 Å². The first-order valence-electron chi connectivity index (χ1n) is 5.86. The summed E-state index contributed by atoms with van der Waals surface area (Å²) >= 11 is 9.02. The Balaban J connectivity index is 0.00000200. The maximum absolute atomic E-state index is 13.4. The van der Waals surface area contributed by atoms with Crippen molar-refractivity contribution in [2.75, 3.05) is 26.2 Å². The average Bonchev–Trinajstić information content (AvgIpc) is 2.33. The molecule has 1 N–H and O–H groups in total.